The Morgan fingerprint density at radius 3 is 2.58 bits per heavy atom. The van der Waals surface area contributed by atoms with E-state index in [9.17, 15) is 9.59 Å². The van der Waals surface area contributed by atoms with Gasteiger partial charge in [0.05, 0.1) is 28.2 Å². The van der Waals surface area contributed by atoms with Gasteiger partial charge in [0.2, 0.25) is 5.91 Å². The number of halogens is 2. The van der Waals surface area contributed by atoms with Gasteiger partial charge in [0.15, 0.2) is 0 Å². The van der Waals surface area contributed by atoms with Gasteiger partial charge in [-0.3, -0.25) is 9.59 Å². The van der Waals surface area contributed by atoms with Gasteiger partial charge in [0.1, 0.15) is 0 Å². The van der Waals surface area contributed by atoms with E-state index in [0.717, 1.165) is 0 Å². The number of nitrogens with zero attached hydrogens (tertiary/aromatic N) is 2. The number of nitriles is 1. The molecule has 2 amide bonds. The van der Waals surface area contributed by atoms with Gasteiger partial charge in [0, 0.05) is 18.3 Å². The molecule has 2 aromatic rings. The molecule has 0 fully saturated rings. The Hall–Kier alpha value is -2.55. The number of nitrogens with one attached hydrogen (secondary N) is 1. The van der Waals surface area contributed by atoms with Crippen molar-refractivity contribution in [3.63, 3.8) is 0 Å². The minimum atomic E-state index is -0.374. The average molecular weight is 362 g/mol. The van der Waals surface area contributed by atoms with Crippen LogP contribution < -0.4 is 5.32 Å². The fourth-order valence-corrected chi connectivity index (χ4v) is 2.30. The van der Waals surface area contributed by atoms with Crippen LogP contribution in [-0.2, 0) is 4.79 Å². The molecule has 122 valence electrons. The highest BCUT2D eigenvalue weighted by molar-refractivity contribution is 6.42. The number of benzene rings is 2. The normalized spacial score (nSPS) is 9.92. The third-order valence-electron chi connectivity index (χ3n) is 3.17. The van der Waals surface area contributed by atoms with Crippen molar-refractivity contribution in [1.29, 1.82) is 5.26 Å². The van der Waals surface area contributed by atoms with Crippen molar-refractivity contribution in [3.8, 4) is 6.07 Å². The van der Waals surface area contributed by atoms with Crippen molar-refractivity contribution in [2.24, 2.45) is 0 Å². The minimum absolute atomic E-state index is 0.143. The van der Waals surface area contributed by atoms with Crippen LogP contribution in [0.3, 0.4) is 0 Å². The number of rotatable bonds is 4. The third kappa shape index (κ3) is 4.48. The molecule has 0 saturated carbocycles. The molecule has 0 spiro atoms. The lowest BCUT2D eigenvalue weighted by atomic mass is 10.1. The standard InChI is InChI=1S/C17H13Cl2N3O2/c1-22(17(24)12-4-2-3-11(7-12)9-20)10-16(23)21-13-5-6-14(18)15(19)8-13/h2-8H,10H2,1H3,(H,21,23). The van der Waals surface area contributed by atoms with Crippen LogP contribution in [0.2, 0.25) is 10.0 Å². The molecule has 0 aromatic heterocycles. The van der Waals surface area contributed by atoms with Crippen LogP contribution in [0.25, 0.3) is 0 Å². The maximum Gasteiger partial charge on any atom is 0.254 e. The molecule has 0 saturated heterocycles. The van der Waals surface area contributed by atoms with Crippen molar-refractivity contribution in [2.75, 3.05) is 18.9 Å². The molecule has 1 N–H and O–H groups in total. The Labute approximate surface area is 149 Å². The monoisotopic (exact) mass is 361 g/mol. The van der Waals surface area contributed by atoms with E-state index in [0.29, 0.717) is 26.9 Å². The fourth-order valence-electron chi connectivity index (χ4n) is 2.00. The van der Waals surface area contributed by atoms with Gasteiger partial charge >= 0.3 is 0 Å². The number of likely N-dealkylation sites (N-methyl/N-ethyl adjacent to an activating group) is 1. The zero-order chi connectivity index (χ0) is 17.7. The first-order chi connectivity index (χ1) is 11.4. The summed E-state index contributed by atoms with van der Waals surface area (Å²) in [6.07, 6.45) is 0. The van der Waals surface area contributed by atoms with Gasteiger partial charge in [-0.05, 0) is 36.4 Å². The second-order valence-electron chi connectivity index (χ2n) is 5.03. The maximum absolute atomic E-state index is 12.3. The van der Waals surface area contributed by atoms with Crippen molar-refractivity contribution in [2.45, 2.75) is 0 Å². The SMILES string of the molecule is CN(CC(=O)Nc1ccc(Cl)c(Cl)c1)C(=O)c1cccc(C#N)c1. The van der Waals surface area contributed by atoms with Crippen LogP contribution in [0.15, 0.2) is 42.5 Å². The smallest absolute Gasteiger partial charge is 0.254 e. The molecule has 2 aromatic carbocycles. The number of amides is 2. The molecular weight excluding hydrogens is 349 g/mol. The fraction of sp³-hybridized carbons (Fsp3) is 0.118. The summed E-state index contributed by atoms with van der Waals surface area (Å²) in [5, 5.41) is 12.2. The summed E-state index contributed by atoms with van der Waals surface area (Å²) < 4.78 is 0. The molecule has 7 heteroatoms. The zero-order valence-electron chi connectivity index (χ0n) is 12.7. The first-order valence-corrected chi connectivity index (χ1v) is 7.67. The highest BCUT2D eigenvalue weighted by Crippen LogP contribution is 2.24. The van der Waals surface area contributed by atoms with E-state index in [1.54, 1.807) is 30.3 Å². The van der Waals surface area contributed by atoms with E-state index in [-0.39, 0.29) is 18.4 Å². The van der Waals surface area contributed by atoms with Gasteiger partial charge in [-0.2, -0.15) is 5.26 Å². The Bertz CT molecular complexity index is 831. The van der Waals surface area contributed by atoms with Crippen LogP contribution in [0.4, 0.5) is 5.69 Å². The lowest BCUT2D eigenvalue weighted by Gasteiger charge is -2.17. The van der Waals surface area contributed by atoms with E-state index in [1.807, 2.05) is 6.07 Å². The molecule has 5 nitrogen and oxygen atoms in total. The molecule has 0 aliphatic carbocycles. The lowest BCUT2D eigenvalue weighted by Crippen LogP contribution is -2.34. The largest absolute Gasteiger partial charge is 0.332 e. The van der Waals surface area contributed by atoms with Crippen LogP contribution in [-0.4, -0.2) is 30.3 Å². The predicted molar refractivity (Wildman–Crippen MR) is 93.2 cm³/mol. The third-order valence-corrected chi connectivity index (χ3v) is 3.91. The Morgan fingerprint density at radius 2 is 1.92 bits per heavy atom. The van der Waals surface area contributed by atoms with Crippen molar-refractivity contribution in [3.05, 3.63) is 63.6 Å². The first-order valence-electron chi connectivity index (χ1n) is 6.91. The molecule has 0 unspecified atom stereocenters. The number of carbonyl (C=O) groups is 2. The minimum Gasteiger partial charge on any atom is -0.332 e. The number of hydrogen-bond donors (Lipinski definition) is 1. The van der Waals surface area contributed by atoms with Crippen molar-refractivity contribution >= 4 is 40.7 Å². The molecule has 0 heterocycles. The maximum atomic E-state index is 12.3. The van der Waals surface area contributed by atoms with Gasteiger partial charge in [-0.15, -0.1) is 0 Å². The summed E-state index contributed by atoms with van der Waals surface area (Å²) >= 11 is 11.7. The lowest BCUT2D eigenvalue weighted by molar-refractivity contribution is -0.116. The Morgan fingerprint density at radius 1 is 1.17 bits per heavy atom. The molecule has 0 aliphatic rings. The summed E-state index contributed by atoms with van der Waals surface area (Å²) in [5.74, 6) is -0.725. The Kier molecular flexibility index (Phi) is 5.80. The summed E-state index contributed by atoms with van der Waals surface area (Å²) in [5.41, 5.74) is 1.22. The summed E-state index contributed by atoms with van der Waals surface area (Å²) in [6, 6.07) is 13.0. The van der Waals surface area contributed by atoms with Crippen molar-refractivity contribution < 1.29 is 9.59 Å². The van der Waals surface area contributed by atoms with Gasteiger partial charge in [-0.25, -0.2) is 0 Å². The molecular formula is C17H13Cl2N3O2. The molecule has 0 bridgehead atoms. The molecule has 0 aliphatic heterocycles. The number of carbonyl (C=O) groups excluding carboxylic acids is 2. The Balaban J connectivity index is 2.01. The topological polar surface area (TPSA) is 73.2 Å². The van der Waals surface area contributed by atoms with Crippen LogP contribution in [0.5, 0.6) is 0 Å². The highest BCUT2D eigenvalue weighted by atomic mass is 35.5. The van der Waals surface area contributed by atoms with Crippen LogP contribution in [0.1, 0.15) is 15.9 Å². The number of hydrogen-bond acceptors (Lipinski definition) is 3. The van der Waals surface area contributed by atoms with E-state index in [2.05, 4.69) is 5.32 Å². The molecule has 0 radical (unpaired) electrons. The summed E-state index contributed by atoms with van der Waals surface area (Å²) in [7, 11) is 1.51. The van der Waals surface area contributed by atoms with E-state index < -0.39 is 0 Å². The molecule has 2 rings (SSSR count). The highest BCUT2D eigenvalue weighted by Gasteiger charge is 2.15. The first kappa shape index (κ1) is 17.8. The second kappa shape index (κ2) is 7.82. The molecule has 24 heavy (non-hydrogen) atoms. The summed E-state index contributed by atoms with van der Waals surface area (Å²) in [6.45, 7) is -0.143. The zero-order valence-corrected chi connectivity index (χ0v) is 14.2. The second-order valence-corrected chi connectivity index (χ2v) is 5.85. The van der Waals surface area contributed by atoms with E-state index in [1.165, 1.54) is 24.1 Å². The molecule has 0 atom stereocenters. The predicted octanol–water partition coefficient (Wildman–Crippen LogP) is 3.58. The van der Waals surface area contributed by atoms with Gasteiger partial charge in [0.25, 0.3) is 5.91 Å². The summed E-state index contributed by atoms with van der Waals surface area (Å²) in [4.78, 5) is 25.6. The average Bonchev–Trinajstić information content (AvgIpc) is 2.57. The quantitative estimate of drug-likeness (QED) is 0.904. The van der Waals surface area contributed by atoms with Crippen molar-refractivity contribution in [1.82, 2.24) is 4.90 Å². The van der Waals surface area contributed by atoms with Crippen LogP contribution in [0, 0.1) is 11.3 Å². The van der Waals surface area contributed by atoms with Gasteiger partial charge in [-0.1, -0.05) is 29.3 Å². The van der Waals surface area contributed by atoms with Gasteiger partial charge < -0.3 is 10.2 Å². The number of anilines is 1. The van der Waals surface area contributed by atoms with E-state index >= 15 is 0 Å². The van der Waals surface area contributed by atoms with E-state index in [4.69, 9.17) is 28.5 Å². The van der Waals surface area contributed by atoms with Crippen LogP contribution >= 0.6 is 23.2 Å².